The van der Waals surface area contributed by atoms with Gasteiger partial charge in [0, 0.05) is 5.69 Å². The van der Waals surface area contributed by atoms with E-state index in [4.69, 9.17) is 5.73 Å². The van der Waals surface area contributed by atoms with Crippen LogP contribution in [0.2, 0.25) is 0 Å². The third-order valence-corrected chi connectivity index (χ3v) is 2.67. The van der Waals surface area contributed by atoms with E-state index < -0.39 is 10.1 Å². The minimum absolute atomic E-state index is 0. The van der Waals surface area contributed by atoms with Crippen LogP contribution in [0.15, 0.2) is 23.1 Å². The number of anilines is 1. The molecule has 0 radical (unpaired) electrons. The zero-order chi connectivity index (χ0) is 10.1. The summed E-state index contributed by atoms with van der Waals surface area (Å²) in [5.74, 6) is 0. The summed E-state index contributed by atoms with van der Waals surface area (Å²) in [7, 11) is -4.37. The number of hydrogen-bond donors (Lipinski definition) is 1. The summed E-state index contributed by atoms with van der Waals surface area (Å²) in [6.07, 6.45) is 0.474. The van der Waals surface area contributed by atoms with Gasteiger partial charge in [-0.15, -0.1) is 0 Å². The maximum atomic E-state index is 10.7. The van der Waals surface area contributed by atoms with Crippen LogP contribution < -0.4 is 35.3 Å². The SMILES string of the molecule is CCc1cc(N)ccc1S(=O)(=O)[O-].[Na+]. The summed E-state index contributed by atoms with van der Waals surface area (Å²) in [5, 5.41) is 0. The van der Waals surface area contributed by atoms with Gasteiger partial charge in [-0.3, -0.25) is 0 Å². The third-order valence-electron chi connectivity index (χ3n) is 1.73. The Hall–Kier alpha value is -0.0700. The fourth-order valence-electron chi connectivity index (χ4n) is 1.12. The second kappa shape index (κ2) is 5.14. The smallest absolute Gasteiger partial charge is 0.744 e. The third kappa shape index (κ3) is 3.25. The van der Waals surface area contributed by atoms with Crippen molar-refractivity contribution in [2.45, 2.75) is 18.2 Å². The van der Waals surface area contributed by atoms with Gasteiger partial charge in [-0.05, 0) is 30.2 Å². The fraction of sp³-hybridized carbons (Fsp3) is 0.250. The molecule has 0 aliphatic heterocycles. The Bertz CT molecular complexity index is 417. The van der Waals surface area contributed by atoms with Gasteiger partial charge in [0.05, 0.1) is 4.90 Å². The van der Waals surface area contributed by atoms with E-state index in [1.165, 1.54) is 18.2 Å². The molecule has 0 spiro atoms. The maximum absolute atomic E-state index is 10.7. The molecule has 0 atom stereocenters. The van der Waals surface area contributed by atoms with Crippen LogP contribution >= 0.6 is 0 Å². The Labute approximate surface area is 106 Å². The predicted molar refractivity (Wildman–Crippen MR) is 48.2 cm³/mol. The summed E-state index contributed by atoms with van der Waals surface area (Å²) in [4.78, 5) is -0.177. The number of nitrogen functional groups attached to an aromatic ring is 1. The van der Waals surface area contributed by atoms with Gasteiger partial charge < -0.3 is 10.3 Å². The molecule has 0 saturated carbocycles. The van der Waals surface area contributed by atoms with Crippen LogP contribution in [0.1, 0.15) is 12.5 Å². The van der Waals surface area contributed by atoms with Crippen LogP contribution in [0, 0.1) is 0 Å². The van der Waals surface area contributed by atoms with Crippen molar-refractivity contribution in [3.8, 4) is 0 Å². The van der Waals surface area contributed by atoms with Crippen molar-refractivity contribution in [3.63, 3.8) is 0 Å². The Balaban J connectivity index is 0.00000169. The molecule has 14 heavy (non-hydrogen) atoms. The van der Waals surface area contributed by atoms with Crippen LogP contribution in [-0.4, -0.2) is 13.0 Å². The Morgan fingerprint density at radius 3 is 2.43 bits per heavy atom. The number of nitrogens with two attached hydrogens (primary N) is 1. The van der Waals surface area contributed by atoms with Gasteiger partial charge >= 0.3 is 29.6 Å². The quantitative estimate of drug-likeness (QED) is 0.348. The molecule has 0 saturated heterocycles. The molecule has 1 aromatic rings. The number of aryl methyl sites for hydroxylation is 1. The van der Waals surface area contributed by atoms with Gasteiger partial charge in [-0.1, -0.05) is 6.92 Å². The molecule has 0 bridgehead atoms. The second-order valence-corrected chi connectivity index (χ2v) is 4.02. The molecule has 2 N–H and O–H groups in total. The molecule has 0 aromatic heterocycles. The summed E-state index contributed by atoms with van der Waals surface area (Å²) in [6, 6.07) is 4.16. The zero-order valence-corrected chi connectivity index (χ0v) is 11.0. The molecular weight excluding hydrogens is 213 g/mol. The van der Waals surface area contributed by atoms with Gasteiger partial charge in [0.25, 0.3) is 0 Å². The van der Waals surface area contributed by atoms with Crippen LogP contribution in [-0.2, 0) is 16.5 Å². The largest absolute Gasteiger partial charge is 1.00 e. The predicted octanol–water partition coefficient (Wildman–Crippen LogP) is -2.26. The standard InChI is InChI=1S/C8H11NO3S.Na/c1-2-6-5-7(9)3-4-8(6)13(10,11)12;/h3-5H,2,9H2,1H3,(H,10,11,12);/q;+1/p-1. The van der Waals surface area contributed by atoms with Gasteiger partial charge in [0.2, 0.25) is 0 Å². The Kier molecular flexibility index (Phi) is 5.11. The van der Waals surface area contributed by atoms with Crippen molar-refractivity contribution in [1.82, 2.24) is 0 Å². The van der Waals surface area contributed by atoms with Crippen LogP contribution in [0.4, 0.5) is 5.69 Å². The maximum Gasteiger partial charge on any atom is 1.00 e. The van der Waals surface area contributed by atoms with Crippen molar-refractivity contribution in [2.75, 3.05) is 5.73 Å². The van der Waals surface area contributed by atoms with Gasteiger partial charge in [-0.25, -0.2) is 8.42 Å². The monoisotopic (exact) mass is 223 g/mol. The van der Waals surface area contributed by atoms with Crippen molar-refractivity contribution in [1.29, 1.82) is 0 Å². The molecular formula is C8H10NNaO3S. The normalized spacial score (nSPS) is 10.7. The molecule has 6 heteroatoms. The molecule has 4 nitrogen and oxygen atoms in total. The fourth-order valence-corrected chi connectivity index (χ4v) is 1.88. The average molecular weight is 223 g/mol. The summed E-state index contributed by atoms with van der Waals surface area (Å²) in [5.41, 5.74) is 6.38. The molecule has 0 amide bonds. The van der Waals surface area contributed by atoms with Crippen molar-refractivity contribution in [2.24, 2.45) is 0 Å². The first-order chi connectivity index (χ1) is 5.95. The molecule has 0 heterocycles. The molecule has 72 valence electrons. The molecule has 0 aliphatic carbocycles. The van der Waals surface area contributed by atoms with Gasteiger partial charge in [-0.2, -0.15) is 0 Å². The molecule has 1 aromatic carbocycles. The van der Waals surface area contributed by atoms with E-state index in [-0.39, 0.29) is 34.5 Å². The van der Waals surface area contributed by atoms with Gasteiger partial charge in [0.1, 0.15) is 10.1 Å². The van der Waals surface area contributed by atoms with E-state index in [0.717, 1.165) is 0 Å². The van der Waals surface area contributed by atoms with Crippen LogP contribution in [0.5, 0.6) is 0 Å². The average Bonchev–Trinajstić information content (AvgIpc) is 2.01. The van der Waals surface area contributed by atoms with Crippen molar-refractivity contribution < 1.29 is 42.5 Å². The van der Waals surface area contributed by atoms with Crippen LogP contribution in [0.3, 0.4) is 0 Å². The first kappa shape index (κ1) is 13.9. The summed E-state index contributed by atoms with van der Waals surface area (Å²) >= 11 is 0. The number of benzene rings is 1. The zero-order valence-electron chi connectivity index (χ0n) is 8.15. The Morgan fingerprint density at radius 1 is 1.43 bits per heavy atom. The summed E-state index contributed by atoms with van der Waals surface area (Å²) in [6.45, 7) is 1.77. The van der Waals surface area contributed by atoms with E-state index >= 15 is 0 Å². The second-order valence-electron chi connectivity index (χ2n) is 2.67. The molecule has 0 unspecified atom stereocenters. The van der Waals surface area contributed by atoms with E-state index in [2.05, 4.69) is 0 Å². The first-order valence-electron chi connectivity index (χ1n) is 3.79. The van der Waals surface area contributed by atoms with Gasteiger partial charge in [0.15, 0.2) is 0 Å². The Morgan fingerprint density at radius 2 is 2.00 bits per heavy atom. The van der Waals surface area contributed by atoms with E-state index in [9.17, 15) is 13.0 Å². The number of hydrogen-bond acceptors (Lipinski definition) is 4. The molecule has 0 fully saturated rings. The molecule has 1 rings (SSSR count). The minimum atomic E-state index is -4.37. The topological polar surface area (TPSA) is 83.2 Å². The van der Waals surface area contributed by atoms with Crippen molar-refractivity contribution >= 4 is 15.8 Å². The summed E-state index contributed by atoms with van der Waals surface area (Å²) < 4.78 is 32.2. The van der Waals surface area contributed by atoms with Crippen molar-refractivity contribution in [3.05, 3.63) is 23.8 Å². The minimum Gasteiger partial charge on any atom is -0.744 e. The number of rotatable bonds is 2. The van der Waals surface area contributed by atoms with E-state index in [1.54, 1.807) is 6.92 Å². The van der Waals surface area contributed by atoms with E-state index in [0.29, 0.717) is 17.7 Å². The van der Waals surface area contributed by atoms with Crippen LogP contribution in [0.25, 0.3) is 0 Å². The van der Waals surface area contributed by atoms with E-state index in [1.807, 2.05) is 0 Å². The first-order valence-corrected chi connectivity index (χ1v) is 5.20. The molecule has 0 aliphatic rings.